The van der Waals surface area contributed by atoms with Crippen molar-refractivity contribution >= 4 is 23.1 Å². The van der Waals surface area contributed by atoms with Gasteiger partial charge in [0.2, 0.25) is 5.78 Å². The summed E-state index contributed by atoms with van der Waals surface area (Å²) in [5.41, 5.74) is 3.12. The monoisotopic (exact) mass is 518 g/mol. The molecule has 0 amide bonds. The molecule has 1 aliphatic rings. The van der Waals surface area contributed by atoms with Crippen molar-refractivity contribution in [2.75, 3.05) is 21.3 Å². The number of methoxy groups -OCH3 is 3. The van der Waals surface area contributed by atoms with E-state index in [0.717, 1.165) is 5.56 Å². The normalized spacial score (nSPS) is 11.9. The van der Waals surface area contributed by atoms with Crippen LogP contribution in [0, 0.1) is 10.1 Å². The van der Waals surface area contributed by atoms with E-state index in [4.69, 9.17) is 25.8 Å². The van der Waals surface area contributed by atoms with Gasteiger partial charge < -0.3 is 18.8 Å². The third-order valence-electron chi connectivity index (χ3n) is 6.59. The van der Waals surface area contributed by atoms with E-state index >= 15 is 0 Å². The third kappa shape index (κ3) is 4.09. The molecule has 0 N–H and O–H groups in total. The number of carbonyl (C=O) groups excluding carboxylic acids is 1. The molecule has 0 atom stereocenters. The average molecular weight is 519 g/mol. The van der Waals surface area contributed by atoms with Crippen molar-refractivity contribution in [1.29, 1.82) is 0 Å². The standard InChI is InChI=1S/C28H23ClN2O6/c1-35-20-10-6-17(7-11-20)28(32)27-24(16-4-8-19(29)9-5-16)26(31(33)34)25-21-15-23(37-3)22(36-2)14-18(21)12-13-30(25)27/h4-11,14-15H,12-13H2,1-3H3. The van der Waals surface area contributed by atoms with E-state index in [9.17, 15) is 14.9 Å². The minimum atomic E-state index is -0.424. The van der Waals surface area contributed by atoms with Crippen molar-refractivity contribution in [3.05, 3.63) is 92.6 Å². The summed E-state index contributed by atoms with van der Waals surface area (Å²) in [5, 5.41) is 13.1. The van der Waals surface area contributed by atoms with E-state index in [2.05, 4.69) is 0 Å². The predicted molar refractivity (Wildman–Crippen MR) is 140 cm³/mol. The summed E-state index contributed by atoms with van der Waals surface area (Å²) in [7, 11) is 4.60. The number of hydrogen-bond acceptors (Lipinski definition) is 6. The smallest absolute Gasteiger partial charge is 0.303 e. The lowest BCUT2D eigenvalue weighted by Crippen LogP contribution is -2.17. The lowest BCUT2D eigenvalue weighted by atomic mass is 9.95. The lowest BCUT2D eigenvalue weighted by molar-refractivity contribution is -0.383. The summed E-state index contributed by atoms with van der Waals surface area (Å²) in [5.74, 6) is 1.26. The molecule has 0 unspecified atom stereocenters. The zero-order valence-electron chi connectivity index (χ0n) is 20.4. The highest BCUT2D eigenvalue weighted by Gasteiger charge is 2.38. The number of benzene rings is 3. The Morgan fingerprint density at radius 3 is 2.19 bits per heavy atom. The van der Waals surface area contributed by atoms with E-state index in [0.29, 0.717) is 57.6 Å². The first-order valence-electron chi connectivity index (χ1n) is 11.5. The Labute approximate surface area is 218 Å². The number of nitrogens with zero attached hydrogens (tertiary/aromatic N) is 2. The van der Waals surface area contributed by atoms with Gasteiger partial charge in [-0.15, -0.1) is 0 Å². The van der Waals surface area contributed by atoms with Crippen LogP contribution >= 0.6 is 11.6 Å². The highest BCUT2D eigenvalue weighted by Crippen LogP contribution is 2.49. The Kier molecular flexibility index (Phi) is 6.35. The van der Waals surface area contributed by atoms with E-state index in [1.54, 1.807) is 73.4 Å². The number of carbonyl (C=O) groups is 1. The Morgan fingerprint density at radius 1 is 0.946 bits per heavy atom. The van der Waals surface area contributed by atoms with Crippen molar-refractivity contribution in [2.24, 2.45) is 0 Å². The summed E-state index contributed by atoms with van der Waals surface area (Å²) in [6.07, 6.45) is 0.553. The summed E-state index contributed by atoms with van der Waals surface area (Å²) in [4.78, 5) is 26.2. The van der Waals surface area contributed by atoms with E-state index in [1.807, 2.05) is 6.07 Å². The van der Waals surface area contributed by atoms with Gasteiger partial charge in [0.15, 0.2) is 11.5 Å². The maximum Gasteiger partial charge on any atom is 0.303 e. The molecule has 0 radical (unpaired) electrons. The molecule has 0 saturated heterocycles. The molecule has 37 heavy (non-hydrogen) atoms. The number of halogens is 1. The number of ether oxygens (including phenoxy) is 3. The van der Waals surface area contributed by atoms with E-state index < -0.39 is 4.92 Å². The molecule has 3 aromatic carbocycles. The van der Waals surface area contributed by atoms with Gasteiger partial charge in [-0.05, 0) is 66.1 Å². The topological polar surface area (TPSA) is 92.8 Å². The maximum atomic E-state index is 14.0. The molecule has 2 heterocycles. The van der Waals surface area contributed by atoms with Crippen LogP contribution in [0.3, 0.4) is 0 Å². The Balaban J connectivity index is 1.84. The number of rotatable bonds is 7. The summed E-state index contributed by atoms with van der Waals surface area (Å²) < 4.78 is 17.9. The lowest BCUT2D eigenvalue weighted by Gasteiger charge is -2.22. The van der Waals surface area contributed by atoms with Crippen LogP contribution in [-0.4, -0.2) is 36.6 Å². The first-order chi connectivity index (χ1) is 17.9. The van der Waals surface area contributed by atoms with Gasteiger partial charge in [-0.2, -0.15) is 0 Å². The number of aryl methyl sites for hydroxylation is 1. The van der Waals surface area contributed by atoms with Crippen molar-refractivity contribution in [2.45, 2.75) is 13.0 Å². The van der Waals surface area contributed by atoms with Gasteiger partial charge in [0, 0.05) is 22.7 Å². The number of ketones is 1. The highest BCUT2D eigenvalue weighted by atomic mass is 35.5. The summed E-state index contributed by atoms with van der Waals surface area (Å²) in [6, 6.07) is 17.0. The van der Waals surface area contributed by atoms with Crippen LogP contribution in [0.2, 0.25) is 5.02 Å². The number of aromatic nitrogens is 1. The summed E-state index contributed by atoms with van der Waals surface area (Å²) in [6.45, 7) is 0.378. The molecular formula is C28H23ClN2O6. The van der Waals surface area contributed by atoms with E-state index in [-0.39, 0.29) is 22.7 Å². The predicted octanol–water partition coefficient (Wildman–Crippen LogP) is 6.20. The largest absolute Gasteiger partial charge is 0.497 e. The Morgan fingerprint density at radius 2 is 1.59 bits per heavy atom. The molecule has 0 bridgehead atoms. The first-order valence-corrected chi connectivity index (χ1v) is 11.9. The molecular weight excluding hydrogens is 496 g/mol. The second kappa shape index (κ2) is 9.63. The summed E-state index contributed by atoms with van der Waals surface area (Å²) >= 11 is 6.11. The zero-order chi connectivity index (χ0) is 26.3. The van der Waals surface area contributed by atoms with Crippen molar-refractivity contribution in [3.8, 4) is 39.6 Å². The van der Waals surface area contributed by atoms with Gasteiger partial charge in [-0.1, -0.05) is 23.7 Å². The molecule has 9 heteroatoms. The zero-order valence-corrected chi connectivity index (χ0v) is 21.2. The quantitative estimate of drug-likeness (QED) is 0.164. The van der Waals surface area contributed by atoms with Gasteiger partial charge >= 0.3 is 5.69 Å². The second-order valence-corrected chi connectivity index (χ2v) is 8.94. The average Bonchev–Trinajstić information content (AvgIpc) is 3.28. The van der Waals surface area contributed by atoms with Gasteiger partial charge in [-0.25, -0.2) is 0 Å². The fourth-order valence-electron chi connectivity index (χ4n) is 4.87. The number of nitro groups is 1. The van der Waals surface area contributed by atoms with Crippen LogP contribution in [0.4, 0.5) is 5.69 Å². The highest BCUT2D eigenvalue weighted by molar-refractivity contribution is 6.30. The van der Waals surface area contributed by atoms with Crippen molar-refractivity contribution < 1.29 is 23.9 Å². The number of fused-ring (bicyclic) bond motifs is 3. The Bertz CT molecular complexity index is 1520. The third-order valence-corrected chi connectivity index (χ3v) is 6.84. The van der Waals surface area contributed by atoms with Crippen molar-refractivity contribution in [1.82, 2.24) is 4.57 Å². The van der Waals surface area contributed by atoms with E-state index in [1.165, 1.54) is 7.11 Å². The van der Waals surface area contributed by atoms with Gasteiger partial charge in [-0.3, -0.25) is 14.9 Å². The molecule has 0 fully saturated rings. The molecule has 1 aliphatic heterocycles. The first kappa shape index (κ1) is 24.4. The van der Waals surface area contributed by atoms with Gasteiger partial charge in [0.1, 0.15) is 17.1 Å². The molecule has 0 aliphatic carbocycles. The van der Waals surface area contributed by atoms with Crippen molar-refractivity contribution in [3.63, 3.8) is 0 Å². The van der Waals surface area contributed by atoms with Crippen LogP contribution in [0.15, 0.2) is 60.7 Å². The van der Waals surface area contributed by atoms with Crippen LogP contribution in [0.1, 0.15) is 21.6 Å². The molecule has 8 nitrogen and oxygen atoms in total. The fraction of sp³-hybridized carbons (Fsp3) is 0.179. The van der Waals surface area contributed by atoms with Gasteiger partial charge in [0.05, 0.1) is 31.8 Å². The fourth-order valence-corrected chi connectivity index (χ4v) is 4.99. The Hall–Kier alpha value is -4.30. The number of hydrogen-bond donors (Lipinski definition) is 0. The van der Waals surface area contributed by atoms with Crippen LogP contribution in [0.25, 0.3) is 22.4 Å². The second-order valence-electron chi connectivity index (χ2n) is 8.51. The minimum absolute atomic E-state index is 0.146. The van der Waals surface area contributed by atoms with Gasteiger partial charge in [0.25, 0.3) is 0 Å². The van der Waals surface area contributed by atoms with Crippen LogP contribution < -0.4 is 14.2 Å². The molecule has 4 aromatic rings. The molecule has 188 valence electrons. The SMILES string of the molecule is COc1ccc(C(=O)c2c(-c3ccc(Cl)cc3)c([N+](=O)[O-])c3n2CCc2cc(OC)c(OC)cc2-3)cc1. The molecule has 0 saturated carbocycles. The van der Waals surface area contributed by atoms with Crippen LogP contribution in [-0.2, 0) is 13.0 Å². The minimum Gasteiger partial charge on any atom is -0.497 e. The molecule has 5 rings (SSSR count). The molecule has 0 spiro atoms. The molecule has 1 aromatic heterocycles. The maximum absolute atomic E-state index is 14.0. The van der Waals surface area contributed by atoms with Crippen LogP contribution in [0.5, 0.6) is 17.2 Å².